The standard InChI is InChI=1S/C12H24N/c1-6-9-12(10-11(4)5)13(7-2)8-3/h10,12H,4,6-9H2,1-3,5H3. The molecule has 0 aromatic carbocycles. The average molecular weight is 182 g/mol. The average Bonchev–Trinajstić information content (AvgIpc) is 2.05. The Labute approximate surface area is 83.8 Å². The predicted octanol–water partition coefficient (Wildman–Crippen LogP) is 3.28. The Morgan fingerprint density at radius 1 is 1.31 bits per heavy atom. The van der Waals surface area contributed by atoms with Crippen molar-refractivity contribution in [2.45, 2.75) is 46.6 Å². The van der Waals surface area contributed by atoms with Gasteiger partial charge < -0.3 is 4.90 Å². The van der Waals surface area contributed by atoms with Gasteiger partial charge in [-0.3, -0.25) is 0 Å². The summed E-state index contributed by atoms with van der Waals surface area (Å²) in [5.41, 5.74) is 1.19. The van der Waals surface area contributed by atoms with Crippen LogP contribution in [0.5, 0.6) is 0 Å². The lowest BCUT2D eigenvalue weighted by molar-refractivity contribution is 0.232. The van der Waals surface area contributed by atoms with Crippen molar-refractivity contribution >= 4 is 0 Å². The van der Waals surface area contributed by atoms with Crippen LogP contribution in [0.15, 0.2) is 12.2 Å². The Morgan fingerprint density at radius 2 is 1.85 bits per heavy atom. The third-order valence-electron chi connectivity index (χ3n) is 2.34. The van der Waals surface area contributed by atoms with E-state index in [4.69, 9.17) is 0 Å². The minimum atomic E-state index is 0.595. The smallest absolute Gasteiger partial charge is 0.0166 e. The number of hydrogen-bond donors (Lipinski definition) is 0. The van der Waals surface area contributed by atoms with E-state index < -0.39 is 0 Å². The van der Waals surface area contributed by atoms with Gasteiger partial charge in [0.1, 0.15) is 0 Å². The zero-order chi connectivity index (χ0) is 10.3. The zero-order valence-corrected chi connectivity index (χ0v) is 9.64. The monoisotopic (exact) mass is 182 g/mol. The molecule has 0 saturated carbocycles. The summed E-state index contributed by atoms with van der Waals surface area (Å²) in [6.45, 7) is 15.0. The van der Waals surface area contributed by atoms with Gasteiger partial charge in [-0.05, 0) is 26.4 Å². The summed E-state index contributed by atoms with van der Waals surface area (Å²) in [6.07, 6.45) is 4.77. The Hall–Kier alpha value is -0.300. The van der Waals surface area contributed by atoms with Gasteiger partial charge in [0, 0.05) is 12.5 Å². The maximum absolute atomic E-state index is 3.95. The molecule has 0 aliphatic rings. The predicted molar refractivity (Wildman–Crippen MR) is 60.7 cm³/mol. The summed E-state index contributed by atoms with van der Waals surface area (Å²) in [5, 5.41) is 0. The molecule has 1 heteroatoms. The summed E-state index contributed by atoms with van der Waals surface area (Å²) in [6, 6.07) is 0.595. The Kier molecular flexibility index (Phi) is 6.97. The van der Waals surface area contributed by atoms with E-state index in [1.807, 2.05) is 0 Å². The second-order valence-electron chi connectivity index (χ2n) is 3.59. The quantitative estimate of drug-likeness (QED) is 0.584. The van der Waals surface area contributed by atoms with Crippen molar-refractivity contribution in [3.05, 3.63) is 18.6 Å². The van der Waals surface area contributed by atoms with Crippen LogP contribution < -0.4 is 0 Å². The first-order valence-corrected chi connectivity index (χ1v) is 5.40. The van der Waals surface area contributed by atoms with Gasteiger partial charge in [-0.25, -0.2) is 0 Å². The molecule has 1 atom stereocenters. The normalized spacial score (nSPS) is 13.3. The molecular formula is C12H24N. The first-order chi connectivity index (χ1) is 6.15. The molecule has 0 aromatic heterocycles. The van der Waals surface area contributed by atoms with Gasteiger partial charge in [0.2, 0.25) is 0 Å². The van der Waals surface area contributed by atoms with E-state index in [0.29, 0.717) is 6.04 Å². The van der Waals surface area contributed by atoms with E-state index in [-0.39, 0.29) is 0 Å². The second-order valence-corrected chi connectivity index (χ2v) is 3.59. The lowest BCUT2D eigenvalue weighted by atomic mass is 10.0. The summed E-state index contributed by atoms with van der Waals surface area (Å²) in [5.74, 6) is 0. The fourth-order valence-electron chi connectivity index (χ4n) is 1.69. The van der Waals surface area contributed by atoms with Crippen LogP contribution in [0.1, 0.15) is 40.5 Å². The topological polar surface area (TPSA) is 3.24 Å². The van der Waals surface area contributed by atoms with Crippen LogP contribution in [-0.2, 0) is 0 Å². The molecule has 0 aromatic rings. The molecule has 0 saturated heterocycles. The molecule has 1 nitrogen and oxygen atoms in total. The third-order valence-corrected chi connectivity index (χ3v) is 2.34. The van der Waals surface area contributed by atoms with Gasteiger partial charge in [-0.15, -0.1) is 0 Å². The molecule has 0 fully saturated rings. The summed E-state index contributed by atoms with van der Waals surface area (Å²) >= 11 is 0. The van der Waals surface area contributed by atoms with Crippen molar-refractivity contribution in [3.8, 4) is 0 Å². The lowest BCUT2D eigenvalue weighted by Crippen LogP contribution is -2.35. The lowest BCUT2D eigenvalue weighted by Gasteiger charge is -2.29. The first kappa shape index (κ1) is 12.7. The molecule has 0 rings (SSSR count). The van der Waals surface area contributed by atoms with Crippen LogP contribution in [0.25, 0.3) is 0 Å². The van der Waals surface area contributed by atoms with Crippen LogP contribution in [-0.4, -0.2) is 24.0 Å². The molecule has 13 heavy (non-hydrogen) atoms. The summed E-state index contributed by atoms with van der Waals surface area (Å²) < 4.78 is 0. The van der Waals surface area contributed by atoms with E-state index in [1.54, 1.807) is 0 Å². The van der Waals surface area contributed by atoms with Crippen molar-refractivity contribution in [3.63, 3.8) is 0 Å². The third kappa shape index (κ3) is 5.09. The van der Waals surface area contributed by atoms with Crippen molar-refractivity contribution in [1.29, 1.82) is 0 Å². The van der Waals surface area contributed by atoms with Crippen molar-refractivity contribution in [2.75, 3.05) is 13.1 Å². The van der Waals surface area contributed by atoms with Crippen LogP contribution >= 0.6 is 0 Å². The molecule has 0 amide bonds. The maximum atomic E-state index is 3.95. The SMILES string of the molecule is C=C(C)[CH]C(CCC)N(CC)CC. The van der Waals surface area contributed by atoms with Crippen LogP contribution in [0.4, 0.5) is 0 Å². The van der Waals surface area contributed by atoms with Crippen molar-refractivity contribution < 1.29 is 0 Å². The van der Waals surface area contributed by atoms with Gasteiger partial charge in [-0.1, -0.05) is 39.3 Å². The number of rotatable bonds is 7. The highest BCUT2D eigenvalue weighted by Crippen LogP contribution is 2.13. The van der Waals surface area contributed by atoms with E-state index in [1.165, 1.54) is 18.4 Å². The molecule has 1 unspecified atom stereocenters. The molecule has 1 radical (unpaired) electrons. The van der Waals surface area contributed by atoms with Gasteiger partial charge in [0.15, 0.2) is 0 Å². The van der Waals surface area contributed by atoms with Crippen LogP contribution in [0, 0.1) is 6.42 Å². The highest BCUT2D eigenvalue weighted by molar-refractivity contribution is 5.09. The van der Waals surface area contributed by atoms with Gasteiger partial charge in [0.25, 0.3) is 0 Å². The minimum absolute atomic E-state index is 0.595. The Bertz CT molecular complexity index is 136. The molecule has 0 aliphatic carbocycles. The van der Waals surface area contributed by atoms with Crippen molar-refractivity contribution in [1.82, 2.24) is 4.90 Å². The molecular weight excluding hydrogens is 158 g/mol. The highest BCUT2D eigenvalue weighted by atomic mass is 15.1. The molecule has 77 valence electrons. The summed E-state index contributed by atoms with van der Waals surface area (Å²) in [7, 11) is 0. The Balaban J connectivity index is 4.11. The fraction of sp³-hybridized carbons (Fsp3) is 0.750. The van der Waals surface area contributed by atoms with Gasteiger partial charge in [0.05, 0.1) is 0 Å². The first-order valence-electron chi connectivity index (χ1n) is 5.40. The van der Waals surface area contributed by atoms with Gasteiger partial charge >= 0.3 is 0 Å². The van der Waals surface area contributed by atoms with E-state index in [2.05, 4.69) is 45.6 Å². The van der Waals surface area contributed by atoms with E-state index in [9.17, 15) is 0 Å². The Morgan fingerprint density at radius 3 is 2.15 bits per heavy atom. The minimum Gasteiger partial charge on any atom is -0.300 e. The highest BCUT2D eigenvalue weighted by Gasteiger charge is 2.14. The zero-order valence-electron chi connectivity index (χ0n) is 9.64. The van der Waals surface area contributed by atoms with Crippen LogP contribution in [0.2, 0.25) is 0 Å². The number of nitrogens with zero attached hydrogens (tertiary/aromatic N) is 1. The van der Waals surface area contributed by atoms with E-state index >= 15 is 0 Å². The largest absolute Gasteiger partial charge is 0.300 e. The molecule has 0 heterocycles. The molecule has 0 bridgehead atoms. The summed E-state index contributed by atoms with van der Waals surface area (Å²) in [4.78, 5) is 2.48. The van der Waals surface area contributed by atoms with E-state index in [0.717, 1.165) is 13.1 Å². The molecule has 0 aliphatic heterocycles. The maximum Gasteiger partial charge on any atom is 0.0166 e. The fourth-order valence-corrected chi connectivity index (χ4v) is 1.69. The van der Waals surface area contributed by atoms with Gasteiger partial charge in [-0.2, -0.15) is 0 Å². The molecule has 0 N–H and O–H groups in total. The van der Waals surface area contributed by atoms with Crippen LogP contribution in [0.3, 0.4) is 0 Å². The van der Waals surface area contributed by atoms with Crippen molar-refractivity contribution in [2.24, 2.45) is 0 Å². The number of hydrogen-bond acceptors (Lipinski definition) is 1. The second kappa shape index (κ2) is 7.14. The molecule has 0 spiro atoms.